The van der Waals surface area contributed by atoms with Gasteiger partial charge in [-0.05, 0) is 107 Å². The molecule has 0 radical (unpaired) electrons. The van der Waals surface area contributed by atoms with Crippen LogP contribution in [0.15, 0.2) is 72.9 Å². The zero-order valence-electron chi connectivity index (χ0n) is 17.8. The molecule has 0 aliphatic heterocycles. The molecular weight excluding hydrogens is 374 g/mol. The van der Waals surface area contributed by atoms with Gasteiger partial charge in [0.15, 0.2) is 0 Å². The van der Waals surface area contributed by atoms with Gasteiger partial charge in [-0.1, -0.05) is 48.5 Å². The van der Waals surface area contributed by atoms with E-state index in [1.807, 2.05) is 0 Å². The van der Waals surface area contributed by atoms with E-state index in [2.05, 4.69) is 77.9 Å². The van der Waals surface area contributed by atoms with Crippen LogP contribution in [0.2, 0.25) is 0 Å². The summed E-state index contributed by atoms with van der Waals surface area (Å²) in [5.41, 5.74) is 10.5. The average Bonchev–Trinajstić information content (AvgIpc) is 3.38. The molecule has 1 heteroatoms. The number of benzene rings is 3. The number of aromatic nitrogens is 1. The summed E-state index contributed by atoms with van der Waals surface area (Å²) in [6.45, 7) is 0. The van der Waals surface area contributed by atoms with Crippen molar-refractivity contribution >= 4 is 10.9 Å². The van der Waals surface area contributed by atoms with Gasteiger partial charge in [-0.25, -0.2) is 0 Å². The van der Waals surface area contributed by atoms with Gasteiger partial charge in [0.1, 0.15) is 0 Å². The second kappa shape index (κ2) is 5.71. The maximum absolute atomic E-state index is 3.38. The summed E-state index contributed by atoms with van der Waals surface area (Å²) in [5, 5.41) is 1.32. The molecule has 4 aromatic rings. The minimum Gasteiger partial charge on any atom is -0.361 e. The molecule has 0 unspecified atom stereocenters. The Kier molecular flexibility index (Phi) is 3.10. The second-order valence-electron chi connectivity index (χ2n) is 10.7. The summed E-state index contributed by atoms with van der Waals surface area (Å²) >= 11 is 0. The van der Waals surface area contributed by atoms with Crippen molar-refractivity contribution < 1.29 is 0 Å². The van der Waals surface area contributed by atoms with Crippen LogP contribution >= 0.6 is 0 Å². The third-order valence-electron chi connectivity index (χ3n) is 9.46. The predicted molar refractivity (Wildman–Crippen MR) is 127 cm³/mol. The largest absolute Gasteiger partial charge is 0.361 e. The van der Waals surface area contributed by atoms with Crippen molar-refractivity contribution in [2.24, 2.45) is 23.7 Å². The Balaban J connectivity index is 1.38. The highest BCUT2D eigenvalue weighted by Gasteiger charge is 2.61. The monoisotopic (exact) mass is 401 g/mol. The maximum Gasteiger partial charge on any atom is 0.0460 e. The molecule has 1 aromatic heterocycles. The molecule has 1 heterocycles. The molecule has 4 bridgehead atoms. The second-order valence-corrected chi connectivity index (χ2v) is 10.7. The SMILES string of the molecule is c1ccc2c(c1)-c1cc(-c3cccc4[nH]ccc34)ccc1C21C2CC3CC(C2)CC1C3. The van der Waals surface area contributed by atoms with E-state index in [4.69, 9.17) is 0 Å². The standard InChI is InChI=1S/C30H27N/c1-2-6-27-24(4-1)26-17-20(23-5-3-7-29-25(23)10-11-31-29)8-9-28(26)30(27)21-13-18-12-19(15-21)16-22(30)14-18/h1-11,17-19,21-22,31H,12-16H2. The number of H-pyrrole nitrogens is 1. The minimum absolute atomic E-state index is 0.276. The normalized spacial score (nSPS) is 32.0. The Hall–Kier alpha value is -2.80. The van der Waals surface area contributed by atoms with Crippen molar-refractivity contribution in [1.82, 2.24) is 4.98 Å². The molecule has 4 saturated carbocycles. The van der Waals surface area contributed by atoms with Crippen molar-refractivity contribution in [3.05, 3.63) is 84.1 Å². The van der Waals surface area contributed by atoms with Crippen LogP contribution in [0.4, 0.5) is 0 Å². The van der Waals surface area contributed by atoms with Crippen molar-refractivity contribution in [3.63, 3.8) is 0 Å². The van der Waals surface area contributed by atoms with E-state index in [0.29, 0.717) is 0 Å². The fraction of sp³-hybridized carbons (Fsp3) is 0.333. The number of rotatable bonds is 1. The number of nitrogens with one attached hydrogen (secondary N) is 1. The molecule has 3 aromatic carbocycles. The highest BCUT2D eigenvalue weighted by molar-refractivity contribution is 5.96. The average molecular weight is 402 g/mol. The molecule has 1 spiro atoms. The zero-order valence-corrected chi connectivity index (χ0v) is 17.8. The van der Waals surface area contributed by atoms with Gasteiger partial charge in [-0.2, -0.15) is 0 Å². The highest BCUT2D eigenvalue weighted by Crippen LogP contribution is 2.69. The Morgan fingerprint density at radius 3 is 2.23 bits per heavy atom. The van der Waals surface area contributed by atoms with Crippen LogP contribution in [0.3, 0.4) is 0 Å². The maximum atomic E-state index is 3.38. The molecule has 4 fully saturated rings. The predicted octanol–water partition coefficient (Wildman–Crippen LogP) is 7.56. The molecule has 31 heavy (non-hydrogen) atoms. The van der Waals surface area contributed by atoms with E-state index in [-0.39, 0.29) is 5.41 Å². The lowest BCUT2D eigenvalue weighted by atomic mass is 9.43. The quantitative estimate of drug-likeness (QED) is 0.339. The number of hydrogen-bond acceptors (Lipinski definition) is 0. The molecular formula is C30H27N. The summed E-state index contributed by atoms with van der Waals surface area (Å²) in [6.07, 6.45) is 9.37. The van der Waals surface area contributed by atoms with Gasteiger partial charge in [0.2, 0.25) is 0 Å². The lowest BCUT2D eigenvalue weighted by Crippen LogP contribution is -2.55. The molecule has 1 nitrogen and oxygen atoms in total. The topological polar surface area (TPSA) is 15.8 Å². The van der Waals surface area contributed by atoms with E-state index in [1.165, 1.54) is 65.3 Å². The zero-order chi connectivity index (χ0) is 20.2. The molecule has 0 amide bonds. The van der Waals surface area contributed by atoms with Crippen LogP contribution in [-0.4, -0.2) is 4.98 Å². The van der Waals surface area contributed by atoms with Crippen molar-refractivity contribution in [3.8, 4) is 22.3 Å². The molecule has 0 atom stereocenters. The van der Waals surface area contributed by atoms with Gasteiger partial charge in [-0.15, -0.1) is 0 Å². The summed E-state index contributed by atoms with van der Waals surface area (Å²) in [5.74, 6) is 3.67. The summed E-state index contributed by atoms with van der Waals surface area (Å²) in [7, 11) is 0. The van der Waals surface area contributed by atoms with Crippen LogP contribution < -0.4 is 0 Å². The summed E-state index contributed by atoms with van der Waals surface area (Å²) in [4.78, 5) is 3.38. The van der Waals surface area contributed by atoms with Crippen LogP contribution in [0.5, 0.6) is 0 Å². The first kappa shape index (κ1) is 16.8. The molecule has 152 valence electrons. The van der Waals surface area contributed by atoms with E-state index in [1.54, 1.807) is 11.1 Å². The molecule has 0 saturated heterocycles. The van der Waals surface area contributed by atoms with Crippen LogP contribution in [0, 0.1) is 23.7 Å². The van der Waals surface area contributed by atoms with Gasteiger partial charge < -0.3 is 4.98 Å². The lowest BCUT2D eigenvalue weighted by Gasteiger charge is -2.61. The Morgan fingerprint density at radius 1 is 0.645 bits per heavy atom. The molecule has 1 N–H and O–H groups in total. The van der Waals surface area contributed by atoms with Crippen molar-refractivity contribution in [2.45, 2.75) is 37.5 Å². The van der Waals surface area contributed by atoms with Gasteiger partial charge in [0.25, 0.3) is 0 Å². The van der Waals surface area contributed by atoms with E-state index in [9.17, 15) is 0 Å². The molecule has 5 aliphatic carbocycles. The summed E-state index contributed by atoms with van der Waals surface area (Å²) in [6, 6.07) is 25.7. The third kappa shape index (κ3) is 1.99. The summed E-state index contributed by atoms with van der Waals surface area (Å²) < 4.78 is 0. The van der Waals surface area contributed by atoms with Gasteiger partial charge in [0, 0.05) is 22.5 Å². The fourth-order valence-corrected chi connectivity index (χ4v) is 8.66. The van der Waals surface area contributed by atoms with Gasteiger partial charge in [-0.3, -0.25) is 0 Å². The molecule has 9 rings (SSSR count). The lowest BCUT2D eigenvalue weighted by molar-refractivity contribution is -0.0399. The van der Waals surface area contributed by atoms with E-state index >= 15 is 0 Å². The smallest absolute Gasteiger partial charge is 0.0460 e. The minimum atomic E-state index is 0.276. The third-order valence-corrected chi connectivity index (χ3v) is 9.46. The van der Waals surface area contributed by atoms with Crippen LogP contribution in [0.1, 0.15) is 43.2 Å². The Morgan fingerprint density at radius 2 is 1.39 bits per heavy atom. The first-order chi connectivity index (χ1) is 15.3. The highest BCUT2D eigenvalue weighted by atomic mass is 14.7. The van der Waals surface area contributed by atoms with E-state index in [0.717, 1.165) is 23.7 Å². The van der Waals surface area contributed by atoms with Gasteiger partial charge >= 0.3 is 0 Å². The van der Waals surface area contributed by atoms with Crippen molar-refractivity contribution in [2.75, 3.05) is 0 Å². The van der Waals surface area contributed by atoms with Crippen LogP contribution in [-0.2, 0) is 5.41 Å². The first-order valence-electron chi connectivity index (χ1n) is 12.1. The fourth-order valence-electron chi connectivity index (χ4n) is 8.66. The molecule has 5 aliphatic rings. The van der Waals surface area contributed by atoms with Crippen LogP contribution in [0.25, 0.3) is 33.2 Å². The number of fused-ring (bicyclic) bond motifs is 4. The first-order valence-corrected chi connectivity index (χ1v) is 12.1. The van der Waals surface area contributed by atoms with Crippen molar-refractivity contribution in [1.29, 1.82) is 0 Å². The van der Waals surface area contributed by atoms with Gasteiger partial charge in [0.05, 0.1) is 0 Å². The Bertz CT molecular complexity index is 1330. The number of hydrogen-bond donors (Lipinski definition) is 1. The number of aromatic amines is 1. The van der Waals surface area contributed by atoms with E-state index < -0.39 is 0 Å². The Labute approximate surface area is 183 Å².